The molecule has 0 saturated heterocycles. The van der Waals surface area contributed by atoms with Gasteiger partial charge < -0.3 is 19.7 Å². The first-order valence-corrected chi connectivity index (χ1v) is 10.9. The number of benzene rings is 1. The highest BCUT2D eigenvalue weighted by molar-refractivity contribution is 5.86. The molecule has 0 unspecified atom stereocenters. The molecule has 170 valence electrons. The number of allylic oxidation sites excluding steroid dienone is 2. The van der Waals surface area contributed by atoms with Crippen LogP contribution < -0.4 is 5.32 Å². The maximum Gasteiger partial charge on any atom is 0.306 e. The molecule has 1 aliphatic heterocycles. The average molecular weight is 431 g/mol. The molecule has 1 aromatic carbocycles. The first-order chi connectivity index (χ1) is 14.9. The Hall–Kier alpha value is -2.67. The van der Waals surface area contributed by atoms with E-state index in [1.807, 2.05) is 56.3 Å². The van der Waals surface area contributed by atoms with Crippen molar-refractivity contribution in [2.75, 3.05) is 26.8 Å². The molecule has 7 heteroatoms. The summed E-state index contributed by atoms with van der Waals surface area (Å²) in [6.45, 7) is 5.22. The third-order valence-electron chi connectivity index (χ3n) is 5.44. The van der Waals surface area contributed by atoms with E-state index in [9.17, 15) is 14.4 Å². The lowest BCUT2D eigenvalue weighted by atomic mass is 9.95. The Labute approximate surface area is 184 Å². The third kappa shape index (κ3) is 7.83. The van der Waals surface area contributed by atoms with Crippen LogP contribution in [0.4, 0.5) is 0 Å². The van der Waals surface area contributed by atoms with Crippen LogP contribution in [0.15, 0.2) is 42.5 Å². The fraction of sp³-hybridized carbons (Fsp3) is 0.542. The van der Waals surface area contributed by atoms with Crippen molar-refractivity contribution in [2.45, 2.75) is 51.7 Å². The molecule has 31 heavy (non-hydrogen) atoms. The van der Waals surface area contributed by atoms with Crippen LogP contribution in [-0.2, 0) is 23.9 Å². The zero-order valence-corrected chi connectivity index (χ0v) is 18.7. The number of hydrogen-bond donors (Lipinski definition) is 1. The van der Waals surface area contributed by atoms with E-state index in [2.05, 4.69) is 5.32 Å². The molecular weight excluding hydrogens is 396 g/mol. The smallest absolute Gasteiger partial charge is 0.306 e. The summed E-state index contributed by atoms with van der Waals surface area (Å²) in [6, 6.07) is 9.05. The second kappa shape index (κ2) is 12.9. The van der Waals surface area contributed by atoms with Gasteiger partial charge in [0, 0.05) is 33.0 Å². The van der Waals surface area contributed by atoms with Crippen molar-refractivity contribution in [2.24, 2.45) is 5.92 Å². The average Bonchev–Trinajstić information content (AvgIpc) is 2.78. The van der Waals surface area contributed by atoms with Crippen molar-refractivity contribution in [1.82, 2.24) is 10.2 Å². The van der Waals surface area contributed by atoms with Crippen LogP contribution >= 0.6 is 0 Å². The second-order valence-electron chi connectivity index (χ2n) is 7.70. The lowest BCUT2D eigenvalue weighted by Crippen LogP contribution is -2.44. The molecule has 0 saturated carbocycles. The third-order valence-corrected chi connectivity index (χ3v) is 5.44. The summed E-state index contributed by atoms with van der Waals surface area (Å²) >= 11 is 0. The molecule has 0 radical (unpaired) electrons. The zero-order valence-electron chi connectivity index (χ0n) is 18.7. The van der Waals surface area contributed by atoms with Gasteiger partial charge in [0.1, 0.15) is 6.10 Å². The molecule has 3 atom stereocenters. The fourth-order valence-electron chi connectivity index (χ4n) is 3.53. The molecule has 1 aliphatic rings. The minimum absolute atomic E-state index is 0.0994. The van der Waals surface area contributed by atoms with Gasteiger partial charge in [0.15, 0.2) is 0 Å². The van der Waals surface area contributed by atoms with E-state index in [1.54, 1.807) is 11.9 Å². The van der Waals surface area contributed by atoms with Crippen molar-refractivity contribution in [3.63, 3.8) is 0 Å². The number of nitrogens with zero attached hydrogens (tertiary/aromatic N) is 1. The molecule has 2 amide bonds. The molecule has 0 fully saturated rings. The highest BCUT2D eigenvalue weighted by atomic mass is 16.5. The largest absolute Gasteiger partial charge is 0.455 e. The van der Waals surface area contributed by atoms with Crippen molar-refractivity contribution in [3.05, 3.63) is 48.0 Å². The van der Waals surface area contributed by atoms with Crippen molar-refractivity contribution < 1.29 is 23.9 Å². The molecule has 1 aromatic rings. The standard InChI is InChI=1S/C24H34N2O5/c1-4-30-16-15-25-21(27)17-20-13-9-6-10-14-22(28)31-23(18(2)26(3)24(20)29)19-11-7-5-8-12-19/h5-9,11-12,18,20,23H,4,10,13-17H2,1-3H3,(H,25,27)/b9-6+/t18-,20+,23+/m1/s1. The Balaban J connectivity index is 2.17. The van der Waals surface area contributed by atoms with Crippen LogP contribution in [-0.4, -0.2) is 55.5 Å². The van der Waals surface area contributed by atoms with Gasteiger partial charge in [-0.1, -0.05) is 42.5 Å². The summed E-state index contributed by atoms with van der Waals surface area (Å²) in [5, 5.41) is 2.81. The van der Waals surface area contributed by atoms with Gasteiger partial charge in [0.2, 0.25) is 11.8 Å². The fourth-order valence-corrected chi connectivity index (χ4v) is 3.53. The number of rotatable bonds is 7. The summed E-state index contributed by atoms with van der Waals surface area (Å²) in [4.78, 5) is 39.6. The second-order valence-corrected chi connectivity index (χ2v) is 7.70. The van der Waals surface area contributed by atoms with E-state index in [4.69, 9.17) is 9.47 Å². The molecule has 2 rings (SSSR count). The lowest BCUT2D eigenvalue weighted by Gasteiger charge is -2.34. The van der Waals surface area contributed by atoms with E-state index >= 15 is 0 Å². The highest BCUT2D eigenvalue weighted by Crippen LogP contribution is 2.27. The number of nitrogens with one attached hydrogen (secondary N) is 1. The molecule has 1 heterocycles. The quantitative estimate of drug-likeness (QED) is 0.408. The van der Waals surface area contributed by atoms with E-state index in [-0.39, 0.29) is 36.7 Å². The number of cyclic esters (lactones) is 1. The molecular formula is C24H34N2O5. The normalized spacial score (nSPS) is 24.0. The summed E-state index contributed by atoms with van der Waals surface area (Å²) in [6.07, 6.45) is 4.52. The van der Waals surface area contributed by atoms with E-state index in [0.29, 0.717) is 32.6 Å². The number of esters is 1. The first-order valence-electron chi connectivity index (χ1n) is 10.9. The first kappa shape index (κ1) is 24.6. The van der Waals surface area contributed by atoms with Gasteiger partial charge >= 0.3 is 5.97 Å². The predicted molar refractivity (Wildman–Crippen MR) is 118 cm³/mol. The number of likely N-dealkylation sites (N-methyl/N-ethyl adjacent to an activating group) is 1. The summed E-state index contributed by atoms with van der Waals surface area (Å²) in [7, 11) is 1.70. The van der Waals surface area contributed by atoms with E-state index < -0.39 is 12.0 Å². The Morgan fingerprint density at radius 1 is 1.23 bits per heavy atom. The van der Waals surface area contributed by atoms with Crippen LogP contribution in [0.5, 0.6) is 0 Å². The van der Waals surface area contributed by atoms with Gasteiger partial charge in [-0.3, -0.25) is 14.4 Å². The molecule has 7 nitrogen and oxygen atoms in total. The summed E-state index contributed by atoms with van der Waals surface area (Å²) < 4.78 is 11.0. The Kier molecular flexibility index (Phi) is 10.2. The molecule has 0 bridgehead atoms. The molecule has 0 aliphatic carbocycles. The van der Waals surface area contributed by atoms with Gasteiger partial charge in [0.25, 0.3) is 0 Å². The van der Waals surface area contributed by atoms with E-state index in [1.165, 1.54) is 0 Å². The number of carbonyl (C=O) groups excluding carboxylic acids is 3. The maximum absolute atomic E-state index is 13.3. The van der Waals surface area contributed by atoms with Gasteiger partial charge in [-0.05, 0) is 32.3 Å². The van der Waals surface area contributed by atoms with E-state index in [0.717, 1.165) is 5.56 Å². The molecule has 1 N–H and O–H groups in total. The van der Waals surface area contributed by atoms with Gasteiger partial charge in [0.05, 0.1) is 18.6 Å². The van der Waals surface area contributed by atoms with Crippen LogP contribution in [0.25, 0.3) is 0 Å². The number of ether oxygens (including phenoxy) is 2. The SMILES string of the molecule is CCOCCNC(=O)C[C@@H]1C/C=C/CCC(=O)O[C@H](c2ccccc2)[C@@H](C)N(C)C1=O. The number of amides is 2. The van der Waals surface area contributed by atoms with Crippen molar-refractivity contribution >= 4 is 17.8 Å². The van der Waals surface area contributed by atoms with Gasteiger partial charge in [-0.15, -0.1) is 0 Å². The summed E-state index contributed by atoms with van der Waals surface area (Å²) in [5.74, 6) is -1.10. The minimum Gasteiger partial charge on any atom is -0.455 e. The highest BCUT2D eigenvalue weighted by Gasteiger charge is 2.33. The predicted octanol–water partition coefficient (Wildman–Crippen LogP) is 3.02. The van der Waals surface area contributed by atoms with Crippen LogP contribution in [0, 0.1) is 5.92 Å². The van der Waals surface area contributed by atoms with Gasteiger partial charge in [-0.25, -0.2) is 0 Å². The Morgan fingerprint density at radius 3 is 2.68 bits per heavy atom. The summed E-state index contributed by atoms with van der Waals surface area (Å²) in [5.41, 5.74) is 0.834. The number of hydrogen-bond acceptors (Lipinski definition) is 5. The monoisotopic (exact) mass is 430 g/mol. The Bertz CT molecular complexity index is 750. The number of carbonyl (C=O) groups is 3. The minimum atomic E-state index is -0.577. The lowest BCUT2D eigenvalue weighted by molar-refractivity contribution is -0.156. The van der Waals surface area contributed by atoms with Crippen LogP contribution in [0.3, 0.4) is 0 Å². The van der Waals surface area contributed by atoms with Gasteiger partial charge in [-0.2, -0.15) is 0 Å². The van der Waals surface area contributed by atoms with Crippen molar-refractivity contribution in [1.29, 1.82) is 0 Å². The topological polar surface area (TPSA) is 84.9 Å². The van der Waals surface area contributed by atoms with Crippen molar-refractivity contribution in [3.8, 4) is 0 Å². The van der Waals surface area contributed by atoms with Crippen LogP contribution in [0.2, 0.25) is 0 Å². The zero-order chi connectivity index (χ0) is 22.6. The Morgan fingerprint density at radius 2 is 1.97 bits per heavy atom. The van der Waals surface area contributed by atoms with Crippen LogP contribution in [0.1, 0.15) is 51.2 Å². The maximum atomic E-state index is 13.3. The molecule has 0 aromatic heterocycles. The molecule has 0 spiro atoms.